The van der Waals surface area contributed by atoms with E-state index >= 15 is 0 Å². The molecule has 1 aliphatic rings. The predicted octanol–water partition coefficient (Wildman–Crippen LogP) is 1.71. The maximum absolute atomic E-state index is 11.5. The first-order valence-corrected chi connectivity index (χ1v) is 6.34. The average Bonchev–Trinajstić information content (AvgIpc) is 2.40. The van der Waals surface area contributed by atoms with E-state index in [0.717, 1.165) is 31.7 Å². The highest BCUT2D eigenvalue weighted by molar-refractivity contribution is 5.85. The maximum Gasteiger partial charge on any atom is 0.234 e. The van der Waals surface area contributed by atoms with Crippen molar-refractivity contribution in [2.24, 2.45) is 0 Å². The third-order valence-electron chi connectivity index (χ3n) is 3.43. The molecule has 116 valence electrons. The number of hydrogen-bond acceptors (Lipinski definition) is 5. The van der Waals surface area contributed by atoms with Crippen LogP contribution in [0.1, 0.15) is 26.2 Å². The van der Waals surface area contributed by atoms with Crippen LogP contribution in [0.3, 0.4) is 0 Å². The van der Waals surface area contributed by atoms with Gasteiger partial charge in [0.15, 0.2) is 5.82 Å². The van der Waals surface area contributed by atoms with Crippen LogP contribution in [-0.2, 0) is 4.79 Å². The van der Waals surface area contributed by atoms with Gasteiger partial charge in [-0.05, 0) is 31.9 Å². The number of nitrogens with zero attached hydrogens (tertiary/aromatic N) is 4. The van der Waals surface area contributed by atoms with Crippen LogP contribution in [0.15, 0.2) is 18.3 Å². The zero-order valence-electron chi connectivity index (χ0n) is 11.8. The molecule has 1 aromatic rings. The summed E-state index contributed by atoms with van der Waals surface area (Å²) in [7, 11) is 0. The lowest BCUT2D eigenvalue weighted by Crippen LogP contribution is -2.53. The number of hydrogen-bond donors (Lipinski definition) is 1. The first-order chi connectivity index (χ1) is 9.13. The second-order valence-electron chi connectivity index (χ2n) is 5.01. The Morgan fingerprint density at radius 3 is 2.67 bits per heavy atom. The lowest BCUT2D eigenvalue weighted by atomic mass is 9.89. The van der Waals surface area contributed by atoms with Crippen LogP contribution in [0.4, 0.5) is 5.82 Å². The molecule has 2 heterocycles. The molecule has 1 aliphatic heterocycles. The Morgan fingerprint density at radius 1 is 1.48 bits per heavy atom. The second kappa shape index (κ2) is 8.65. The van der Waals surface area contributed by atoms with Crippen LogP contribution in [-0.4, -0.2) is 34.7 Å². The van der Waals surface area contributed by atoms with Crippen molar-refractivity contribution in [2.45, 2.75) is 31.7 Å². The van der Waals surface area contributed by atoms with Gasteiger partial charge < -0.3 is 10.2 Å². The minimum atomic E-state index is -0.230. The van der Waals surface area contributed by atoms with Crippen molar-refractivity contribution in [1.82, 2.24) is 15.5 Å². The number of anilines is 1. The van der Waals surface area contributed by atoms with Crippen LogP contribution in [0.5, 0.6) is 0 Å². The second-order valence-corrected chi connectivity index (χ2v) is 5.01. The molecule has 0 spiro atoms. The predicted molar refractivity (Wildman–Crippen MR) is 84.8 cm³/mol. The summed E-state index contributed by atoms with van der Waals surface area (Å²) >= 11 is 0. The molecular formula is C13H19Cl2N5O. The fourth-order valence-electron chi connectivity index (χ4n) is 2.27. The van der Waals surface area contributed by atoms with E-state index < -0.39 is 0 Å². The van der Waals surface area contributed by atoms with Gasteiger partial charge in [-0.15, -0.1) is 29.9 Å². The summed E-state index contributed by atoms with van der Waals surface area (Å²) in [5, 5.41) is 19.4. The van der Waals surface area contributed by atoms with Gasteiger partial charge in [-0.3, -0.25) is 4.79 Å². The number of nitrogens with one attached hydrogen (secondary N) is 1. The van der Waals surface area contributed by atoms with E-state index in [9.17, 15) is 4.79 Å². The number of carbonyl (C=O) groups is 1. The number of nitriles is 1. The summed E-state index contributed by atoms with van der Waals surface area (Å²) in [5.41, 5.74) is -0.230. The average molecular weight is 332 g/mol. The molecule has 2 rings (SSSR count). The molecule has 0 saturated carbocycles. The Hall–Kier alpha value is -1.58. The Bertz CT molecular complexity index is 483. The van der Waals surface area contributed by atoms with Gasteiger partial charge in [-0.1, -0.05) is 0 Å². The van der Waals surface area contributed by atoms with E-state index in [4.69, 9.17) is 5.26 Å². The molecular weight excluding hydrogens is 313 g/mol. The van der Waals surface area contributed by atoms with Gasteiger partial charge in [0.1, 0.15) is 6.42 Å². The minimum Gasteiger partial charge on any atom is -0.355 e. The molecule has 8 heteroatoms. The lowest BCUT2D eigenvalue weighted by molar-refractivity contribution is -0.122. The smallest absolute Gasteiger partial charge is 0.234 e. The normalized spacial score (nSPS) is 15.9. The highest BCUT2D eigenvalue weighted by atomic mass is 35.5. The molecule has 1 fully saturated rings. The standard InChI is InChI=1S/C13H17N5O.2ClH/c1-13(16-12(19)4-7-14)5-9-18(10-6-13)11-3-2-8-15-17-11;;/h2-3,8H,4-6,9-10H2,1H3,(H,16,19);2*1H. The molecule has 1 N–H and O–H groups in total. The first kappa shape index (κ1) is 19.4. The van der Waals surface area contributed by atoms with Crippen molar-refractivity contribution >= 4 is 36.5 Å². The Morgan fingerprint density at radius 2 is 2.14 bits per heavy atom. The fraction of sp³-hybridized carbons (Fsp3) is 0.538. The fourth-order valence-corrected chi connectivity index (χ4v) is 2.27. The molecule has 0 bridgehead atoms. The third-order valence-corrected chi connectivity index (χ3v) is 3.43. The molecule has 0 radical (unpaired) electrons. The zero-order chi connectivity index (χ0) is 13.7. The maximum atomic E-state index is 11.5. The van der Waals surface area contributed by atoms with Crippen molar-refractivity contribution in [1.29, 1.82) is 5.26 Å². The Labute approximate surface area is 136 Å². The van der Waals surface area contributed by atoms with Crippen molar-refractivity contribution < 1.29 is 4.79 Å². The van der Waals surface area contributed by atoms with Gasteiger partial charge in [0.25, 0.3) is 0 Å². The number of halogens is 2. The van der Waals surface area contributed by atoms with E-state index in [1.165, 1.54) is 0 Å². The molecule has 0 atom stereocenters. The summed E-state index contributed by atoms with van der Waals surface area (Å²) in [6.07, 6.45) is 3.24. The third kappa shape index (κ3) is 5.37. The number of piperidine rings is 1. The monoisotopic (exact) mass is 331 g/mol. The highest BCUT2D eigenvalue weighted by Gasteiger charge is 2.31. The number of carbonyl (C=O) groups excluding carboxylic acids is 1. The number of rotatable bonds is 3. The quantitative estimate of drug-likeness (QED) is 0.911. The SMILES string of the molecule is CC1(NC(=O)CC#N)CCN(c2cccnn2)CC1.Cl.Cl. The highest BCUT2D eigenvalue weighted by Crippen LogP contribution is 2.24. The van der Waals surface area contributed by atoms with E-state index in [1.807, 2.05) is 25.1 Å². The molecule has 6 nitrogen and oxygen atoms in total. The Kier molecular flexibility index (Phi) is 8.00. The minimum absolute atomic E-state index is 0. The van der Waals surface area contributed by atoms with Gasteiger partial charge in [0.05, 0.1) is 6.07 Å². The van der Waals surface area contributed by atoms with E-state index in [0.29, 0.717) is 0 Å². The molecule has 21 heavy (non-hydrogen) atoms. The molecule has 0 unspecified atom stereocenters. The van der Waals surface area contributed by atoms with Gasteiger partial charge >= 0.3 is 0 Å². The van der Waals surface area contributed by atoms with Gasteiger partial charge in [0, 0.05) is 24.8 Å². The van der Waals surface area contributed by atoms with Crippen LogP contribution in [0.25, 0.3) is 0 Å². The van der Waals surface area contributed by atoms with Crippen LogP contribution < -0.4 is 10.2 Å². The lowest BCUT2D eigenvalue weighted by Gasteiger charge is -2.40. The van der Waals surface area contributed by atoms with Gasteiger partial charge in [0.2, 0.25) is 5.91 Å². The van der Waals surface area contributed by atoms with Crippen LogP contribution in [0, 0.1) is 11.3 Å². The van der Waals surface area contributed by atoms with Crippen molar-refractivity contribution in [3.63, 3.8) is 0 Å². The van der Waals surface area contributed by atoms with Crippen molar-refractivity contribution in [2.75, 3.05) is 18.0 Å². The van der Waals surface area contributed by atoms with Crippen LogP contribution >= 0.6 is 24.8 Å². The van der Waals surface area contributed by atoms with Gasteiger partial charge in [-0.25, -0.2) is 0 Å². The van der Waals surface area contributed by atoms with Crippen LogP contribution in [0.2, 0.25) is 0 Å². The molecule has 1 aromatic heterocycles. The topological polar surface area (TPSA) is 81.9 Å². The summed E-state index contributed by atoms with van der Waals surface area (Å²) < 4.78 is 0. The van der Waals surface area contributed by atoms with Crippen molar-refractivity contribution in [3.05, 3.63) is 18.3 Å². The molecule has 0 aliphatic carbocycles. The Balaban J connectivity index is 0.00000200. The van der Waals surface area contributed by atoms with E-state index in [2.05, 4.69) is 20.4 Å². The number of aromatic nitrogens is 2. The van der Waals surface area contributed by atoms with Gasteiger partial charge in [-0.2, -0.15) is 10.4 Å². The summed E-state index contributed by atoms with van der Waals surface area (Å²) in [4.78, 5) is 13.7. The largest absolute Gasteiger partial charge is 0.355 e. The molecule has 1 saturated heterocycles. The van der Waals surface area contributed by atoms with E-state index in [-0.39, 0.29) is 42.7 Å². The zero-order valence-corrected chi connectivity index (χ0v) is 13.4. The first-order valence-electron chi connectivity index (χ1n) is 6.34. The van der Waals surface area contributed by atoms with E-state index in [1.54, 1.807) is 6.20 Å². The summed E-state index contributed by atoms with van der Waals surface area (Å²) in [5.74, 6) is 0.672. The summed E-state index contributed by atoms with van der Waals surface area (Å²) in [6, 6.07) is 5.67. The molecule has 0 aromatic carbocycles. The molecule has 1 amide bonds. The summed E-state index contributed by atoms with van der Waals surface area (Å²) in [6.45, 7) is 3.67. The number of amides is 1. The van der Waals surface area contributed by atoms with Crippen molar-refractivity contribution in [3.8, 4) is 6.07 Å².